The Hall–Kier alpha value is -2.60. The van der Waals surface area contributed by atoms with Crippen molar-refractivity contribution in [2.45, 2.75) is 17.9 Å². The molecule has 1 amide bonds. The first-order valence-corrected chi connectivity index (χ1v) is 9.48. The average molecular weight is 369 g/mol. The van der Waals surface area contributed by atoms with Crippen LogP contribution in [0.5, 0.6) is 11.5 Å². The Kier molecular flexibility index (Phi) is 4.75. The standard InChI is InChI=1S/C20H19NO4S/c1-13(18-10-14-4-2-3-5-16(14)25-18)21-20(22)12-26-15-6-7-17-19(11-15)24-9-8-23-17/h2-7,10-11,13H,8-9,12H2,1H3,(H,21,22). The molecule has 0 saturated carbocycles. The number of fused-ring (bicyclic) bond motifs is 2. The summed E-state index contributed by atoms with van der Waals surface area (Å²) >= 11 is 1.47. The average Bonchev–Trinajstić information content (AvgIpc) is 3.10. The van der Waals surface area contributed by atoms with E-state index in [0.717, 1.165) is 33.1 Å². The molecule has 26 heavy (non-hydrogen) atoms. The normalized spacial score (nSPS) is 14.2. The summed E-state index contributed by atoms with van der Waals surface area (Å²) in [5.74, 6) is 2.52. The summed E-state index contributed by atoms with van der Waals surface area (Å²) < 4.78 is 16.9. The van der Waals surface area contributed by atoms with Crippen LogP contribution in [0.2, 0.25) is 0 Å². The maximum Gasteiger partial charge on any atom is 0.230 e. The summed E-state index contributed by atoms with van der Waals surface area (Å²) in [7, 11) is 0. The third-order valence-electron chi connectivity index (χ3n) is 4.13. The van der Waals surface area contributed by atoms with Crippen LogP contribution in [-0.2, 0) is 4.79 Å². The number of benzene rings is 2. The first-order valence-electron chi connectivity index (χ1n) is 8.49. The maximum atomic E-state index is 12.3. The largest absolute Gasteiger partial charge is 0.486 e. The molecule has 1 unspecified atom stereocenters. The first-order chi connectivity index (χ1) is 12.7. The predicted octanol–water partition coefficient (Wildman–Crippen LogP) is 4.17. The Labute approximate surface area is 155 Å². The third-order valence-corrected chi connectivity index (χ3v) is 5.13. The SMILES string of the molecule is CC(NC(=O)CSc1ccc2c(c1)OCCO2)c1cc2ccccc2o1. The third kappa shape index (κ3) is 3.65. The lowest BCUT2D eigenvalue weighted by molar-refractivity contribution is -0.119. The number of carbonyl (C=O) groups excluding carboxylic acids is 1. The van der Waals surface area contributed by atoms with Gasteiger partial charge in [-0.2, -0.15) is 0 Å². The zero-order valence-electron chi connectivity index (χ0n) is 14.4. The molecule has 1 N–H and O–H groups in total. The number of thioether (sulfide) groups is 1. The number of carbonyl (C=O) groups is 1. The van der Waals surface area contributed by atoms with Crippen molar-refractivity contribution in [2.75, 3.05) is 19.0 Å². The Morgan fingerprint density at radius 2 is 1.92 bits per heavy atom. The van der Waals surface area contributed by atoms with Crippen molar-refractivity contribution in [1.82, 2.24) is 5.32 Å². The number of rotatable bonds is 5. The fourth-order valence-electron chi connectivity index (χ4n) is 2.83. The monoisotopic (exact) mass is 369 g/mol. The van der Waals surface area contributed by atoms with E-state index >= 15 is 0 Å². The van der Waals surface area contributed by atoms with Gasteiger partial charge in [0.25, 0.3) is 0 Å². The summed E-state index contributed by atoms with van der Waals surface area (Å²) in [6.45, 7) is 3.04. The van der Waals surface area contributed by atoms with Crippen LogP contribution in [0.4, 0.5) is 0 Å². The van der Waals surface area contributed by atoms with Gasteiger partial charge in [-0.3, -0.25) is 4.79 Å². The van der Waals surface area contributed by atoms with Gasteiger partial charge in [-0.15, -0.1) is 11.8 Å². The molecule has 0 bridgehead atoms. The molecule has 3 aromatic rings. The molecule has 0 aliphatic carbocycles. The minimum atomic E-state index is -0.184. The molecular weight excluding hydrogens is 350 g/mol. The van der Waals surface area contributed by atoms with Crippen molar-refractivity contribution in [2.24, 2.45) is 0 Å². The number of hydrogen-bond donors (Lipinski definition) is 1. The van der Waals surface area contributed by atoms with E-state index in [9.17, 15) is 4.79 Å². The number of nitrogens with one attached hydrogen (secondary N) is 1. The lowest BCUT2D eigenvalue weighted by Gasteiger charge is -2.18. The highest BCUT2D eigenvalue weighted by Gasteiger charge is 2.16. The fourth-order valence-corrected chi connectivity index (χ4v) is 3.57. The number of amides is 1. The molecule has 0 spiro atoms. The van der Waals surface area contributed by atoms with E-state index in [0.29, 0.717) is 19.0 Å². The summed E-state index contributed by atoms with van der Waals surface area (Å²) in [6, 6.07) is 15.3. The zero-order valence-corrected chi connectivity index (χ0v) is 15.2. The van der Waals surface area contributed by atoms with Crippen LogP contribution in [0.3, 0.4) is 0 Å². The highest BCUT2D eigenvalue weighted by Crippen LogP contribution is 2.34. The van der Waals surface area contributed by atoms with Crippen molar-refractivity contribution in [3.05, 3.63) is 54.3 Å². The van der Waals surface area contributed by atoms with Crippen molar-refractivity contribution >= 4 is 28.6 Å². The number of ether oxygens (including phenoxy) is 2. The molecule has 0 saturated heterocycles. The molecule has 134 valence electrons. The molecule has 1 aliphatic heterocycles. The van der Waals surface area contributed by atoms with Crippen LogP contribution in [0.25, 0.3) is 11.0 Å². The number of para-hydroxylation sites is 1. The highest BCUT2D eigenvalue weighted by molar-refractivity contribution is 8.00. The maximum absolute atomic E-state index is 12.3. The summed E-state index contributed by atoms with van der Waals surface area (Å²) in [5, 5.41) is 4.02. The molecule has 1 aliphatic rings. The van der Waals surface area contributed by atoms with E-state index in [1.54, 1.807) is 0 Å². The second-order valence-corrected chi connectivity index (χ2v) is 7.12. The molecule has 1 atom stereocenters. The predicted molar refractivity (Wildman–Crippen MR) is 101 cm³/mol. The van der Waals surface area contributed by atoms with Gasteiger partial charge in [-0.1, -0.05) is 18.2 Å². The van der Waals surface area contributed by atoms with E-state index in [4.69, 9.17) is 13.9 Å². The van der Waals surface area contributed by atoms with Gasteiger partial charge in [-0.25, -0.2) is 0 Å². The van der Waals surface area contributed by atoms with Crippen LogP contribution >= 0.6 is 11.8 Å². The first kappa shape index (κ1) is 16.8. The lowest BCUT2D eigenvalue weighted by atomic mass is 10.2. The van der Waals surface area contributed by atoms with Crippen LogP contribution in [0, 0.1) is 0 Å². The van der Waals surface area contributed by atoms with Gasteiger partial charge in [-0.05, 0) is 37.3 Å². The molecule has 2 aromatic carbocycles. The van der Waals surface area contributed by atoms with E-state index in [1.165, 1.54) is 11.8 Å². The van der Waals surface area contributed by atoms with E-state index in [1.807, 2.05) is 55.5 Å². The summed E-state index contributed by atoms with van der Waals surface area (Å²) in [6.07, 6.45) is 0. The van der Waals surface area contributed by atoms with Crippen LogP contribution in [-0.4, -0.2) is 24.9 Å². The van der Waals surface area contributed by atoms with Crippen molar-refractivity contribution in [1.29, 1.82) is 0 Å². The second kappa shape index (κ2) is 7.33. The topological polar surface area (TPSA) is 60.7 Å². The Morgan fingerprint density at radius 3 is 2.77 bits per heavy atom. The minimum absolute atomic E-state index is 0.0437. The molecule has 6 heteroatoms. The van der Waals surface area contributed by atoms with Crippen LogP contribution < -0.4 is 14.8 Å². The molecule has 0 radical (unpaired) electrons. The highest BCUT2D eigenvalue weighted by atomic mass is 32.2. The van der Waals surface area contributed by atoms with Gasteiger partial charge >= 0.3 is 0 Å². The van der Waals surface area contributed by atoms with Crippen molar-refractivity contribution < 1.29 is 18.7 Å². The lowest BCUT2D eigenvalue weighted by Crippen LogP contribution is -2.27. The molecule has 2 heterocycles. The Bertz CT molecular complexity index is 903. The van der Waals surface area contributed by atoms with Crippen molar-refractivity contribution in [3.63, 3.8) is 0 Å². The molecular formula is C20H19NO4S. The number of hydrogen-bond acceptors (Lipinski definition) is 5. The van der Waals surface area contributed by atoms with Gasteiger partial charge in [0.1, 0.15) is 24.6 Å². The van der Waals surface area contributed by atoms with Gasteiger partial charge in [0.2, 0.25) is 5.91 Å². The Balaban J connectivity index is 1.34. The zero-order chi connectivity index (χ0) is 17.9. The van der Waals surface area contributed by atoms with E-state index < -0.39 is 0 Å². The fraction of sp³-hybridized carbons (Fsp3) is 0.250. The van der Waals surface area contributed by atoms with Gasteiger partial charge in [0.15, 0.2) is 11.5 Å². The molecule has 1 aromatic heterocycles. The van der Waals surface area contributed by atoms with E-state index in [-0.39, 0.29) is 11.9 Å². The molecule has 4 rings (SSSR count). The molecule has 5 nitrogen and oxygen atoms in total. The van der Waals surface area contributed by atoms with Gasteiger partial charge < -0.3 is 19.2 Å². The Morgan fingerprint density at radius 1 is 1.12 bits per heavy atom. The van der Waals surface area contributed by atoms with E-state index in [2.05, 4.69) is 5.32 Å². The minimum Gasteiger partial charge on any atom is -0.486 e. The second-order valence-electron chi connectivity index (χ2n) is 6.07. The van der Waals surface area contributed by atoms with Crippen molar-refractivity contribution in [3.8, 4) is 11.5 Å². The smallest absolute Gasteiger partial charge is 0.230 e. The van der Waals surface area contributed by atoms with Gasteiger partial charge in [0, 0.05) is 10.3 Å². The van der Waals surface area contributed by atoms with Crippen LogP contribution in [0.1, 0.15) is 18.7 Å². The summed E-state index contributed by atoms with van der Waals surface area (Å²) in [4.78, 5) is 13.2. The molecule has 0 fully saturated rings. The van der Waals surface area contributed by atoms with Gasteiger partial charge in [0.05, 0.1) is 11.8 Å². The number of furan rings is 1. The quantitative estimate of drug-likeness (QED) is 0.684. The van der Waals surface area contributed by atoms with Crippen LogP contribution in [0.15, 0.2) is 57.8 Å². The summed E-state index contributed by atoms with van der Waals surface area (Å²) in [5.41, 5.74) is 0.828.